The summed E-state index contributed by atoms with van der Waals surface area (Å²) >= 11 is 0. The minimum absolute atomic E-state index is 0.0326. The number of benzene rings is 1. The third-order valence-electron chi connectivity index (χ3n) is 5.90. The lowest BCUT2D eigenvalue weighted by atomic mass is 9.93. The highest BCUT2D eigenvalue weighted by Gasteiger charge is 2.34. The number of hydrogen-bond donors (Lipinski definition) is 2. The Kier molecular flexibility index (Phi) is 6.10. The van der Waals surface area contributed by atoms with Crippen LogP contribution in [0.3, 0.4) is 0 Å². The van der Waals surface area contributed by atoms with Crippen molar-refractivity contribution in [1.29, 1.82) is 0 Å². The molecule has 0 aliphatic carbocycles. The highest BCUT2D eigenvalue weighted by molar-refractivity contribution is 7.89. The van der Waals surface area contributed by atoms with E-state index in [1.165, 1.54) is 23.4 Å². The Morgan fingerprint density at radius 1 is 1.10 bits per heavy atom. The van der Waals surface area contributed by atoms with Gasteiger partial charge in [-0.25, -0.2) is 8.42 Å². The predicted molar refractivity (Wildman–Crippen MR) is 115 cm³/mol. The SMILES string of the molecule is CC(=O)Nc1ccc(S(=O)(=O)N2CCCC(c3[nH]ncc3C(=O)N3CCCC3)C2)cc1. The molecular weight excluding hydrogens is 418 g/mol. The number of carbonyl (C=O) groups is 2. The van der Waals surface area contributed by atoms with Crippen LogP contribution in [-0.2, 0) is 14.8 Å². The molecule has 1 aromatic heterocycles. The first-order valence-electron chi connectivity index (χ1n) is 10.6. The van der Waals surface area contributed by atoms with Crippen molar-refractivity contribution in [3.05, 3.63) is 41.7 Å². The number of H-pyrrole nitrogens is 1. The fraction of sp³-hybridized carbons (Fsp3) is 0.476. The molecule has 166 valence electrons. The molecule has 3 heterocycles. The van der Waals surface area contributed by atoms with Crippen LogP contribution in [0.15, 0.2) is 35.4 Å². The molecule has 2 saturated heterocycles. The number of aromatic amines is 1. The van der Waals surface area contributed by atoms with Crippen LogP contribution >= 0.6 is 0 Å². The number of piperidine rings is 1. The van der Waals surface area contributed by atoms with Gasteiger partial charge >= 0.3 is 0 Å². The second-order valence-corrected chi connectivity index (χ2v) is 10.0. The second-order valence-electron chi connectivity index (χ2n) is 8.10. The maximum Gasteiger partial charge on any atom is 0.257 e. The fourth-order valence-electron chi connectivity index (χ4n) is 4.33. The van der Waals surface area contributed by atoms with Gasteiger partial charge in [-0.05, 0) is 49.9 Å². The number of amides is 2. The lowest BCUT2D eigenvalue weighted by molar-refractivity contribution is -0.114. The molecule has 2 amide bonds. The van der Waals surface area contributed by atoms with Gasteiger partial charge in [0.05, 0.1) is 22.3 Å². The lowest BCUT2D eigenvalue weighted by Crippen LogP contribution is -2.39. The molecule has 1 aromatic carbocycles. The van der Waals surface area contributed by atoms with Crippen LogP contribution in [0.2, 0.25) is 0 Å². The molecule has 2 aromatic rings. The quantitative estimate of drug-likeness (QED) is 0.732. The van der Waals surface area contributed by atoms with Gasteiger partial charge in [-0.1, -0.05) is 0 Å². The Morgan fingerprint density at radius 2 is 1.81 bits per heavy atom. The molecule has 4 rings (SSSR count). The van der Waals surface area contributed by atoms with E-state index in [1.807, 2.05) is 4.90 Å². The molecule has 31 heavy (non-hydrogen) atoms. The molecule has 1 unspecified atom stereocenters. The van der Waals surface area contributed by atoms with Crippen LogP contribution in [-0.4, -0.2) is 65.8 Å². The largest absolute Gasteiger partial charge is 0.339 e. The summed E-state index contributed by atoms with van der Waals surface area (Å²) in [6.07, 6.45) is 5.06. The van der Waals surface area contributed by atoms with Crippen LogP contribution in [0.25, 0.3) is 0 Å². The summed E-state index contributed by atoms with van der Waals surface area (Å²) in [4.78, 5) is 26.1. The normalized spacial score (nSPS) is 20.0. The van der Waals surface area contributed by atoms with Crippen molar-refractivity contribution >= 4 is 27.5 Å². The number of sulfonamides is 1. The zero-order valence-electron chi connectivity index (χ0n) is 17.5. The molecule has 2 aliphatic heterocycles. The van der Waals surface area contributed by atoms with E-state index in [0.29, 0.717) is 24.2 Å². The average Bonchev–Trinajstić information content (AvgIpc) is 3.46. The van der Waals surface area contributed by atoms with Crippen LogP contribution in [0, 0.1) is 0 Å². The highest BCUT2D eigenvalue weighted by Crippen LogP contribution is 2.32. The zero-order valence-corrected chi connectivity index (χ0v) is 18.3. The molecule has 0 spiro atoms. The summed E-state index contributed by atoms with van der Waals surface area (Å²) in [5.74, 6) is -0.366. The van der Waals surface area contributed by atoms with Crippen LogP contribution in [0.1, 0.15) is 54.6 Å². The van der Waals surface area contributed by atoms with E-state index in [-0.39, 0.29) is 29.2 Å². The van der Waals surface area contributed by atoms with E-state index in [1.54, 1.807) is 18.3 Å². The summed E-state index contributed by atoms with van der Waals surface area (Å²) in [5.41, 5.74) is 1.81. The summed E-state index contributed by atoms with van der Waals surface area (Å²) in [6, 6.07) is 6.17. The van der Waals surface area contributed by atoms with Gasteiger partial charge in [0.15, 0.2) is 0 Å². The van der Waals surface area contributed by atoms with Crippen LogP contribution in [0.5, 0.6) is 0 Å². The topological polar surface area (TPSA) is 115 Å². The molecular formula is C21H27N5O4S. The van der Waals surface area contributed by atoms with Crippen molar-refractivity contribution in [2.24, 2.45) is 0 Å². The first kappa shape index (κ1) is 21.5. The van der Waals surface area contributed by atoms with Gasteiger partial charge in [-0.15, -0.1) is 0 Å². The van der Waals surface area contributed by atoms with Gasteiger partial charge in [0.1, 0.15) is 0 Å². The molecule has 0 bridgehead atoms. The Morgan fingerprint density at radius 3 is 2.48 bits per heavy atom. The van der Waals surface area contributed by atoms with Gasteiger partial charge in [0.25, 0.3) is 5.91 Å². The number of hydrogen-bond acceptors (Lipinski definition) is 5. The van der Waals surface area contributed by atoms with Gasteiger partial charge < -0.3 is 10.2 Å². The monoisotopic (exact) mass is 445 g/mol. The Balaban J connectivity index is 1.52. The van der Waals surface area contributed by atoms with E-state index in [4.69, 9.17) is 0 Å². The Labute approximate surface area is 181 Å². The zero-order chi connectivity index (χ0) is 22.0. The highest BCUT2D eigenvalue weighted by atomic mass is 32.2. The predicted octanol–water partition coefficient (Wildman–Crippen LogP) is 2.17. The van der Waals surface area contributed by atoms with Crippen molar-refractivity contribution in [3.8, 4) is 0 Å². The lowest BCUT2D eigenvalue weighted by Gasteiger charge is -2.32. The van der Waals surface area contributed by atoms with E-state index < -0.39 is 10.0 Å². The number of anilines is 1. The molecule has 9 nitrogen and oxygen atoms in total. The minimum atomic E-state index is -3.69. The minimum Gasteiger partial charge on any atom is -0.339 e. The Bertz CT molecular complexity index is 1060. The Hall–Kier alpha value is -2.72. The van der Waals surface area contributed by atoms with Gasteiger partial charge in [0.2, 0.25) is 15.9 Å². The van der Waals surface area contributed by atoms with Crippen molar-refractivity contribution < 1.29 is 18.0 Å². The molecule has 10 heteroatoms. The third-order valence-corrected chi connectivity index (χ3v) is 7.78. The first-order chi connectivity index (χ1) is 14.9. The molecule has 0 radical (unpaired) electrons. The number of rotatable bonds is 5. The van der Waals surface area contributed by atoms with Crippen molar-refractivity contribution in [2.45, 2.75) is 43.4 Å². The molecule has 2 fully saturated rings. The van der Waals surface area contributed by atoms with Crippen LogP contribution in [0.4, 0.5) is 5.69 Å². The summed E-state index contributed by atoms with van der Waals surface area (Å²) in [6.45, 7) is 3.62. The smallest absolute Gasteiger partial charge is 0.257 e. The molecule has 1 atom stereocenters. The maximum absolute atomic E-state index is 13.2. The summed E-state index contributed by atoms with van der Waals surface area (Å²) in [7, 11) is -3.69. The van der Waals surface area contributed by atoms with E-state index in [9.17, 15) is 18.0 Å². The molecule has 2 N–H and O–H groups in total. The first-order valence-corrected chi connectivity index (χ1v) is 12.0. The maximum atomic E-state index is 13.2. The van der Waals surface area contributed by atoms with Gasteiger partial charge in [-0.2, -0.15) is 9.40 Å². The third kappa shape index (κ3) is 4.49. The number of aromatic nitrogens is 2. The fourth-order valence-corrected chi connectivity index (χ4v) is 5.85. The summed E-state index contributed by atoms with van der Waals surface area (Å²) in [5, 5.41) is 9.69. The van der Waals surface area contributed by atoms with Crippen molar-refractivity contribution in [3.63, 3.8) is 0 Å². The molecule has 2 aliphatic rings. The number of likely N-dealkylation sites (tertiary alicyclic amines) is 1. The van der Waals surface area contributed by atoms with Crippen LogP contribution < -0.4 is 5.32 Å². The van der Waals surface area contributed by atoms with Crippen molar-refractivity contribution in [2.75, 3.05) is 31.5 Å². The van der Waals surface area contributed by atoms with Gasteiger partial charge in [0, 0.05) is 44.7 Å². The number of carbonyl (C=O) groups excluding carboxylic acids is 2. The standard InChI is InChI=1S/C21H27N5O4S/c1-15(27)23-17-6-8-18(9-7-17)31(29,30)26-12-4-5-16(14-26)20-19(13-22-24-20)21(28)25-10-2-3-11-25/h6-9,13,16H,2-5,10-12,14H2,1H3,(H,22,24)(H,23,27). The number of nitrogens with zero attached hydrogens (tertiary/aromatic N) is 3. The van der Waals surface area contributed by atoms with E-state index in [0.717, 1.165) is 38.0 Å². The average molecular weight is 446 g/mol. The number of nitrogens with one attached hydrogen (secondary N) is 2. The van der Waals surface area contributed by atoms with E-state index >= 15 is 0 Å². The molecule has 0 saturated carbocycles. The van der Waals surface area contributed by atoms with E-state index in [2.05, 4.69) is 15.5 Å². The van der Waals surface area contributed by atoms with Crippen molar-refractivity contribution in [1.82, 2.24) is 19.4 Å². The summed E-state index contributed by atoms with van der Waals surface area (Å²) < 4.78 is 27.9. The second kappa shape index (κ2) is 8.80. The van der Waals surface area contributed by atoms with Gasteiger partial charge in [-0.3, -0.25) is 14.7 Å².